The molecule has 2 nitrogen and oxygen atoms in total. The number of halogens is 3. The van der Waals surface area contributed by atoms with Crippen LogP contribution in [0, 0.1) is 0 Å². The fourth-order valence-corrected chi connectivity index (χ4v) is 2.48. The number of hydrogen-bond donors (Lipinski definition) is 1. The molecule has 108 valence electrons. The van der Waals surface area contributed by atoms with Crippen molar-refractivity contribution in [2.24, 2.45) is 0 Å². The monoisotopic (exact) mass is 301 g/mol. The average Bonchev–Trinajstić information content (AvgIpc) is 2.82. The first-order valence-corrected chi connectivity index (χ1v) is 6.89. The molecule has 1 atom stereocenters. The molecular formula is C14H14F3NOS. The maximum atomic E-state index is 12.5. The Labute approximate surface area is 119 Å². The third kappa shape index (κ3) is 4.52. The van der Waals surface area contributed by atoms with E-state index >= 15 is 0 Å². The van der Waals surface area contributed by atoms with Crippen LogP contribution in [0.3, 0.4) is 0 Å². The maximum absolute atomic E-state index is 12.5. The molecule has 1 N–H and O–H groups in total. The van der Waals surface area contributed by atoms with Crippen molar-refractivity contribution in [3.05, 3.63) is 48.4 Å². The van der Waals surface area contributed by atoms with Crippen molar-refractivity contribution >= 4 is 17.4 Å². The molecule has 0 radical (unpaired) electrons. The molecule has 2 rings (SSSR count). The molecule has 1 heterocycles. The van der Waals surface area contributed by atoms with E-state index in [9.17, 15) is 13.2 Å². The van der Waals surface area contributed by atoms with E-state index in [1.807, 2.05) is 13.0 Å². The van der Waals surface area contributed by atoms with Gasteiger partial charge in [0.05, 0.1) is 6.26 Å². The first-order chi connectivity index (χ1) is 9.44. The van der Waals surface area contributed by atoms with Gasteiger partial charge in [0.15, 0.2) is 0 Å². The molecule has 0 aliphatic carbocycles. The minimum absolute atomic E-state index is 0.0314. The van der Waals surface area contributed by atoms with Gasteiger partial charge in [-0.3, -0.25) is 0 Å². The van der Waals surface area contributed by atoms with Gasteiger partial charge in [-0.15, -0.1) is 0 Å². The van der Waals surface area contributed by atoms with Crippen molar-refractivity contribution in [2.75, 3.05) is 5.32 Å². The number of furan rings is 1. The van der Waals surface area contributed by atoms with Crippen LogP contribution in [0.2, 0.25) is 0 Å². The van der Waals surface area contributed by atoms with Crippen molar-refractivity contribution in [2.45, 2.75) is 29.8 Å². The molecule has 0 bridgehead atoms. The van der Waals surface area contributed by atoms with Crippen molar-refractivity contribution < 1.29 is 17.6 Å². The first-order valence-electron chi connectivity index (χ1n) is 6.08. The predicted octanol–water partition coefficient (Wildman–Crippen LogP) is 4.93. The van der Waals surface area contributed by atoms with Crippen molar-refractivity contribution in [1.29, 1.82) is 0 Å². The Morgan fingerprint density at radius 2 is 1.95 bits per heavy atom. The van der Waals surface area contributed by atoms with E-state index in [4.69, 9.17) is 4.42 Å². The van der Waals surface area contributed by atoms with Gasteiger partial charge < -0.3 is 9.73 Å². The topological polar surface area (TPSA) is 25.2 Å². The largest absolute Gasteiger partial charge is 0.469 e. The van der Waals surface area contributed by atoms with Crippen LogP contribution in [0.25, 0.3) is 0 Å². The first kappa shape index (κ1) is 14.8. The fraction of sp³-hybridized carbons (Fsp3) is 0.286. The quantitative estimate of drug-likeness (QED) is 0.792. The summed E-state index contributed by atoms with van der Waals surface area (Å²) in [6, 6.07) is 10.0. The van der Waals surface area contributed by atoms with Gasteiger partial charge in [0.2, 0.25) is 0 Å². The summed E-state index contributed by atoms with van der Waals surface area (Å²) in [5, 5.41) is 3.09. The minimum Gasteiger partial charge on any atom is -0.469 e. The molecule has 1 aromatic heterocycles. The zero-order valence-electron chi connectivity index (χ0n) is 10.8. The highest BCUT2D eigenvalue weighted by atomic mass is 32.2. The fourth-order valence-electron chi connectivity index (χ4n) is 1.85. The summed E-state index contributed by atoms with van der Waals surface area (Å²) in [4.78, 5) is 0.172. The van der Waals surface area contributed by atoms with Crippen LogP contribution in [0.1, 0.15) is 12.7 Å². The number of rotatable bonds is 5. The normalized spacial score (nSPS) is 13.2. The second kappa shape index (κ2) is 6.26. The van der Waals surface area contributed by atoms with E-state index in [0.717, 1.165) is 5.76 Å². The van der Waals surface area contributed by atoms with E-state index in [1.54, 1.807) is 30.5 Å². The summed E-state index contributed by atoms with van der Waals surface area (Å²) in [5.41, 5.74) is -3.81. The molecular weight excluding hydrogens is 287 g/mol. The molecule has 0 aliphatic rings. The van der Waals surface area contributed by atoms with E-state index in [2.05, 4.69) is 5.32 Å². The van der Waals surface area contributed by atoms with E-state index < -0.39 is 5.51 Å². The Kier molecular flexibility index (Phi) is 4.65. The second-order valence-electron chi connectivity index (χ2n) is 4.37. The van der Waals surface area contributed by atoms with Crippen LogP contribution in [0.15, 0.2) is 52.0 Å². The Bertz CT molecular complexity index is 540. The third-order valence-electron chi connectivity index (χ3n) is 2.60. The van der Waals surface area contributed by atoms with E-state index in [-0.39, 0.29) is 22.7 Å². The van der Waals surface area contributed by atoms with Gasteiger partial charge in [-0.05, 0) is 43.0 Å². The third-order valence-corrected chi connectivity index (χ3v) is 3.41. The summed E-state index contributed by atoms with van der Waals surface area (Å²) in [5.74, 6) is 0.797. The molecule has 0 amide bonds. The standard InChI is InChI=1S/C14H14F3NOS/c1-10(9-11-5-4-8-19-11)18-12-6-2-3-7-13(12)20-14(15,16)17/h2-8,10,18H,9H2,1H3. The van der Waals surface area contributed by atoms with E-state index in [1.165, 1.54) is 6.07 Å². The number of thioether (sulfide) groups is 1. The molecule has 2 aromatic rings. The molecule has 0 saturated carbocycles. The number of alkyl halides is 3. The summed E-state index contributed by atoms with van der Waals surface area (Å²) < 4.78 is 42.7. The Morgan fingerprint density at radius 3 is 2.60 bits per heavy atom. The van der Waals surface area contributed by atoms with Crippen LogP contribution in [0.5, 0.6) is 0 Å². The predicted molar refractivity (Wildman–Crippen MR) is 73.9 cm³/mol. The zero-order chi connectivity index (χ0) is 14.6. The van der Waals surface area contributed by atoms with Crippen LogP contribution in [-0.4, -0.2) is 11.6 Å². The smallest absolute Gasteiger partial charge is 0.446 e. The molecule has 1 unspecified atom stereocenters. The lowest BCUT2D eigenvalue weighted by atomic mass is 10.2. The van der Waals surface area contributed by atoms with Crippen molar-refractivity contribution in [1.82, 2.24) is 0 Å². The highest BCUT2D eigenvalue weighted by Crippen LogP contribution is 2.40. The SMILES string of the molecule is CC(Cc1ccco1)Nc1ccccc1SC(F)(F)F. The van der Waals surface area contributed by atoms with Gasteiger partial charge in [0.1, 0.15) is 5.76 Å². The van der Waals surface area contributed by atoms with Gasteiger partial charge >= 0.3 is 5.51 Å². The van der Waals surface area contributed by atoms with Gasteiger partial charge in [-0.1, -0.05) is 12.1 Å². The molecule has 0 aliphatic heterocycles. The van der Waals surface area contributed by atoms with Crippen LogP contribution >= 0.6 is 11.8 Å². The number of nitrogens with one attached hydrogen (secondary N) is 1. The van der Waals surface area contributed by atoms with Crippen LogP contribution < -0.4 is 5.32 Å². The number of benzene rings is 1. The highest BCUT2D eigenvalue weighted by Gasteiger charge is 2.30. The molecule has 0 fully saturated rings. The van der Waals surface area contributed by atoms with Gasteiger partial charge in [0, 0.05) is 23.0 Å². The number of hydrogen-bond acceptors (Lipinski definition) is 3. The summed E-state index contributed by atoms with van der Waals surface area (Å²) in [6.45, 7) is 1.90. The van der Waals surface area contributed by atoms with Crippen molar-refractivity contribution in [3.8, 4) is 0 Å². The van der Waals surface area contributed by atoms with Crippen molar-refractivity contribution in [3.63, 3.8) is 0 Å². The lowest BCUT2D eigenvalue weighted by Gasteiger charge is -2.17. The molecule has 20 heavy (non-hydrogen) atoms. The Hall–Kier alpha value is -1.56. The molecule has 0 spiro atoms. The van der Waals surface area contributed by atoms with Crippen LogP contribution in [-0.2, 0) is 6.42 Å². The lowest BCUT2D eigenvalue weighted by molar-refractivity contribution is -0.0327. The average molecular weight is 301 g/mol. The molecule has 0 saturated heterocycles. The second-order valence-corrected chi connectivity index (χ2v) is 5.48. The van der Waals surface area contributed by atoms with Gasteiger partial charge in [-0.2, -0.15) is 13.2 Å². The van der Waals surface area contributed by atoms with Gasteiger partial charge in [-0.25, -0.2) is 0 Å². The van der Waals surface area contributed by atoms with E-state index in [0.29, 0.717) is 12.1 Å². The van der Waals surface area contributed by atoms with Gasteiger partial charge in [0.25, 0.3) is 0 Å². The number of anilines is 1. The Morgan fingerprint density at radius 1 is 1.20 bits per heavy atom. The Balaban J connectivity index is 2.05. The van der Waals surface area contributed by atoms with Crippen LogP contribution in [0.4, 0.5) is 18.9 Å². The zero-order valence-corrected chi connectivity index (χ0v) is 11.6. The lowest BCUT2D eigenvalue weighted by Crippen LogP contribution is -2.18. The summed E-state index contributed by atoms with van der Waals surface area (Å²) >= 11 is -0.109. The molecule has 1 aromatic carbocycles. The summed E-state index contributed by atoms with van der Waals surface area (Å²) in [6.07, 6.45) is 2.19. The maximum Gasteiger partial charge on any atom is 0.446 e. The minimum atomic E-state index is -4.29. The molecule has 6 heteroatoms. The summed E-state index contributed by atoms with van der Waals surface area (Å²) in [7, 11) is 0. The highest BCUT2D eigenvalue weighted by molar-refractivity contribution is 8.00. The number of para-hydroxylation sites is 1.